The Bertz CT molecular complexity index is 443. The number of carbonyl (C=O) groups is 1. The summed E-state index contributed by atoms with van der Waals surface area (Å²) < 4.78 is 0. The molecule has 1 atom stereocenters. The predicted molar refractivity (Wildman–Crippen MR) is 65.1 cm³/mol. The van der Waals surface area contributed by atoms with Gasteiger partial charge in [-0.2, -0.15) is 5.26 Å². The van der Waals surface area contributed by atoms with Crippen LogP contribution in [0.5, 0.6) is 0 Å². The van der Waals surface area contributed by atoms with Gasteiger partial charge in [-0.25, -0.2) is 0 Å². The van der Waals surface area contributed by atoms with Crippen LogP contribution in [-0.2, 0) is 4.79 Å². The average molecular weight is 229 g/mol. The van der Waals surface area contributed by atoms with Crippen molar-refractivity contribution in [2.75, 3.05) is 5.32 Å². The molecule has 1 aliphatic carbocycles. The number of rotatable bonds is 4. The van der Waals surface area contributed by atoms with Crippen molar-refractivity contribution in [1.29, 1.82) is 5.26 Å². The molecular formula is C13H15N3O. The first kappa shape index (κ1) is 11.6. The first-order chi connectivity index (χ1) is 8.19. The van der Waals surface area contributed by atoms with Gasteiger partial charge in [0.2, 0.25) is 5.91 Å². The van der Waals surface area contributed by atoms with Crippen molar-refractivity contribution in [1.82, 2.24) is 0 Å². The zero-order valence-electron chi connectivity index (χ0n) is 9.52. The van der Waals surface area contributed by atoms with Crippen molar-refractivity contribution in [2.45, 2.75) is 25.3 Å². The van der Waals surface area contributed by atoms with E-state index in [1.54, 1.807) is 24.3 Å². The fraction of sp³-hybridized carbons (Fsp3) is 0.385. The van der Waals surface area contributed by atoms with E-state index in [1.807, 2.05) is 6.07 Å². The minimum absolute atomic E-state index is 0.0200. The normalized spacial score (nSPS) is 16.0. The van der Waals surface area contributed by atoms with Crippen molar-refractivity contribution in [2.24, 2.45) is 11.7 Å². The zero-order valence-corrected chi connectivity index (χ0v) is 9.52. The lowest BCUT2D eigenvalue weighted by molar-refractivity contribution is -0.116. The fourth-order valence-corrected chi connectivity index (χ4v) is 1.75. The molecule has 1 unspecified atom stereocenters. The van der Waals surface area contributed by atoms with Crippen LogP contribution >= 0.6 is 0 Å². The summed E-state index contributed by atoms with van der Waals surface area (Å²) in [6.45, 7) is 0. The van der Waals surface area contributed by atoms with Gasteiger partial charge in [-0.1, -0.05) is 0 Å². The SMILES string of the molecule is N#Cc1ccc(NC(=O)CC(N)C2CC2)cc1. The number of nitriles is 1. The highest BCUT2D eigenvalue weighted by Crippen LogP contribution is 2.32. The first-order valence-electron chi connectivity index (χ1n) is 5.74. The molecule has 4 nitrogen and oxygen atoms in total. The van der Waals surface area contributed by atoms with Crippen LogP contribution in [0.1, 0.15) is 24.8 Å². The standard InChI is InChI=1S/C13H15N3O/c14-8-9-1-5-11(6-2-9)16-13(17)7-12(15)10-3-4-10/h1-2,5-6,10,12H,3-4,7,15H2,(H,16,17). The van der Waals surface area contributed by atoms with Crippen LogP contribution in [0.3, 0.4) is 0 Å². The summed E-state index contributed by atoms with van der Waals surface area (Å²) in [6.07, 6.45) is 2.65. The van der Waals surface area contributed by atoms with E-state index < -0.39 is 0 Å². The summed E-state index contributed by atoms with van der Waals surface area (Å²) in [7, 11) is 0. The van der Waals surface area contributed by atoms with E-state index in [-0.39, 0.29) is 11.9 Å². The Labute approximate surface area is 100 Å². The van der Waals surface area contributed by atoms with E-state index in [0.717, 1.165) is 12.8 Å². The minimum Gasteiger partial charge on any atom is -0.327 e. The summed E-state index contributed by atoms with van der Waals surface area (Å²) in [5.74, 6) is 0.468. The zero-order chi connectivity index (χ0) is 12.3. The van der Waals surface area contributed by atoms with Crippen molar-refractivity contribution in [3.8, 4) is 6.07 Å². The largest absolute Gasteiger partial charge is 0.327 e. The molecule has 2 rings (SSSR count). The molecule has 1 amide bonds. The molecule has 1 aromatic rings. The maximum atomic E-state index is 11.7. The number of hydrogen-bond donors (Lipinski definition) is 2. The molecule has 1 aliphatic rings. The molecule has 1 fully saturated rings. The fourth-order valence-electron chi connectivity index (χ4n) is 1.75. The molecule has 0 aliphatic heterocycles. The number of benzene rings is 1. The van der Waals surface area contributed by atoms with Crippen molar-refractivity contribution < 1.29 is 4.79 Å². The van der Waals surface area contributed by atoms with Gasteiger partial charge < -0.3 is 11.1 Å². The number of hydrogen-bond acceptors (Lipinski definition) is 3. The molecule has 4 heteroatoms. The van der Waals surface area contributed by atoms with Crippen LogP contribution in [0, 0.1) is 17.2 Å². The summed E-state index contributed by atoms with van der Waals surface area (Å²) in [6, 6.07) is 8.81. The van der Waals surface area contributed by atoms with E-state index >= 15 is 0 Å². The van der Waals surface area contributed by atoms with Gasteiger partial charge in [-0.3, -0.25) is 4.79 Å². The van der Waals surface area contributed by atoms with E-state index in [1.165, 1.54) is 0 Å². The molecule has 0 spiro atoms. The van der Waals surface area contributed by atoms with E-state index in [2.05, 4.69) is 5.32 Å². The Balaban J connectivity index is 1.86. The summed E-state index contributed by atoms with van der Waals surface area (Å²) in [5.41, 5.74) is 7.16. The predicted octanol–water partition coefficient (Wildman–Crippen LogP) is 1.62. The van der Waals surface area contributed by atoms with Gasteiger partial charge in [-0.15, -0.1) is 0 Å². The van der Waals surface area contributed by atoms with Crippen LogP contribution < -0.4 is 11.1 Å². The molecule has 0 saturated heterocycles. The van der Waals surface area contributed by atoms with Gasteiger partial charge in [-0.05, 0) is 43.0 Å². The van der Waals surface area contributed by atoms with Crippen molar-refractivity contribution in [3.05, 3.63) is 29.8 Å². The number of nitrogens with zero attached hydrogens (tertiary/aromatic N) is 1. The van der Waals surface area contributed by atoms with Crippen molar-refractivity contribution >= 4 is 11.6 Å². The topological polar surface area (TPSA) is 78.9 Å². The Hall–Kier alpha value is -1.86. The van der Waals surface area contributed by atoms with Crippen LogP contribution in [0.25, 0.3) is 0 Å². The maximum absolute atomic E-state index is 11.7. The molecule has 0 radical (unpaired) electrons. The number of nitrogens with one attached hydrogen (secondary N) is 1. The van der Waals surface area contributed by atoms with E-state index in [0.29, 0.717) is 23.6 Å². The van der Waals surface area contributed by atoms with Gasteiger partial charge in [0, 0.05) is 18.2 Å². The second-order valence-corrected chi connectivity index (χ2v) is 4.44. The number of nitrogens with two attached hydrogens (primary N) is 1. The summed E-state index contributed by atoms with van der Waals surface area (Å²) in [4.78, 5) is 11.7. The van der Waals surface area contributed by atoms with Crippen LogP contribution in [0.15, 0.2) is 24.3 Å². The smallest absolute Gasteiger partial charge is 0.225 e. The number of anilines is 1. The minimum atomic E-state index is -0.0610. The molecule has 0 aromatic heterocycles. The van der Waals surface area contributed by atoms with E-state index in [9.17, 15) is 4.79 Å². The van der Waals surface area contributed by atoms with Crippen LogP contribution in [0.2, 0.25) is 0 Å². The highest BCUT2D eigenvalue weighted by Gasteiger charge is 2.29. The molecule has 17 heavy (non-hydrogen) atoms. The van der Waals surface area contributed by atoms with Gasteiger partial charge >= 0.3 is 0 Å². The highest BCUT2D eigenvalue weighted by molar-refractivity contribution is 5.91. The molecule has 88 valence electrons. The van der Waals surface area contributed by atoms with Gasteiger partial charge in [0.05, 0.1) is 11.6 Å². The van der Waals surface area contributed by atoms with Gasteiger partial charge in [0.1, 0.15) is 0 Å². The van der Waals surface area contributed by atoms with E-state index in [4.69, 9.17) is 11.0 Å². The third-order valence-corrected chi connectivity index (χ3v) is 2.95. The van der Waals surface area contributed by atoms with Gasteiger partial charge in [0.25, 0.3) is 0 Å². The summed E-state index contributed by atoms with van der Waals surface area (Å²) in [5, 5.41) is 11.4. The maximum Gasteiger partial charge on any atom is 0.225 e. The number of carbonyl (C=O) groups excluding carboxylic acids is 1. The Kier molecular flexibility index (Phi) is 3.40. The monoisotopic (exact) mass is 229 g/mol. The lowest BCUT2D eigenvalue weighted by Crippen LogP contribution is -2.28. The summed E-state index contributed by atoms with van der Waals surface area (Å²) >= 11 is 0. The molecular weight excluding hydrogens is 214 g/mol. The Morgan fingerprint density at radius 3 is 2.65 bits per heavy atom. The Morgan fingerprint density at radius 1 is 1.47 bits per heavy atom. The molecule has 0 heterocycles. The third-order valence-electron chi connectivity index (χ3n) is 2.95. The molecule has 1 saturated carbocycles. The highest BCUT2D eigenvalue weighted by atomic mass is 16.1. The average Bonchev–Trinajstić information content (AvgIpc) is 3.13. The second-order valence-electron chi connectivity index (χ2n) is 4.44. The molecule has 0 bridgehead atoms. The van der Waals surface area contributed by atoms with Gasteiger partial charge in [0.15, 0.2) is 0 Å². The molecule has 1 aromatic carbocycles. The third kappa shape index (κ3) is 3.30. The Morgan fingerprint density at radius 2 is 2.12 bits per heavy atom. The second kappa shape index (κ2) is 4.98. The van der Waals surface area contributed by atoms with Crippen LogP contribution in [-0.4, -0.2) is 11.9 Å². The molecule has 3 N–H and O–H groups in total. The quantitative estimate of drug-likeness (QED) is 0.823. The lowest BCUT2D eigenvalue weighted by atomic mass is 10.1. The number of amides is 1. The lowest BCUT2D eigenvalue weighted by Gasteiger charge is -2.10. The first-order valence-corrected chi connectivity index (χ1v) is 5.74. The van der Waals surface area contributed by atoms with Crippen LogP contribution in [0.4, 0.5) is 5.69 Å². The van der Waals surface area contributed by atoms with Crippen molar-refractivity contribution in [3.63, 3.8) is 0 Å².